The smallest absolute Gasteiger partial charge is 0.186 e. The van der Waals surface area contributed by atoms with Crippen molar-refractivity contribution < 1.29 is 4.74 Å². The predicted octanol–water partition coefficient (Wildman–Crippen LogP) is 6.50. The van der Waals surface area contributed by atoms with E-state index in [-0.39, 0.29) is 0 Å². The Labute approximate surface area is 192 Å². The number of methoxy groups -OCH3 is 1. The van der Waals surface area contributed by atoms with Crippen molar-refractivity contribution in [3.63, 3.8) is 0 Å². The molecule has 2 heterocycles. The molecule has 0 aliphatic carbocycles. The lowest BCUT2D eigenvalue weighted by Crippen LogP contribution is -2.31. The molecule has 4 aromatic rings. The summed E-state index contributed by atoms with van der Waals surface area (Å²) in [5, 5.41) is 10.0. The third kappa shape index (κ3) is 4.70. The Morgan fingerprint density at radius 1 is 1.19 bits per heavy atom. The normalized spacial score (nSPS) is 11.4. The molecule has 1 N–H and O–H groups in total. The summed E-state index contributed by atoms with van der Waals surface area (Å²) in [7, 11) is 1.64. The van der Waals surface area contributed by atoms with Gasteiger partial charge in [-0.1, -0.05) is 23.7 Å². The number of fused-ring (bicyclic) bond motifs is 1. The molecule has 5 nitrogen and oxygen atoms in total. The van der Waals surface area contributed by atoms with Crippen molar-refractivity contribution >= 4 is 39.0 Å². The minimum absolute atomic E-state index is 0.361. The van der Waals surface area contributed by atoms with Crippen LogP contribution in [0.5, 0.6) is 5.75 Å². The third-order valence-electron chi connectivity index (χ3n) is 5.46. The number of halogens is 1. The minimum Gasteiger partial charge on any atom is -0.497 e. The van der Waals surface area contributed by atoms with Gasteiger partial charge < -0.3 is 9.64 Å². The molecule has 0 aliphatic rings. The number of aromatic amines is 1. The Bertz CT molecular complexity index is 1180. The Morgan fingerprint density at radius 3 is 2.77 bits per heavy atom. The van der Waals surface area contributed by atoms with Crippen LogP contribution in [-0.2, 0) is 6.42 Å². The van der Waals surface area contributed by atoms with Crippen LogP contribution in [0.15, 0.2) is 42.6 Å². The first kappa shape index (κ1) is 21.7. The number of nitrogens with one attached hydrogen (secondary N) is 1. The van der Waals surface area contributed by atoms with E-state index in [4.69, 9.17) is 21.3 Å². The largest absolute Gasteiger partial charge is 0.497 e. The lowest BCUT2D eigenvalue weighted by atomic mass is 10.1. The highest BCUT2D eigenvalue weighted by Crippen LogP contribution is 2.37. The topological polar surface area (TPSA) is 54.0 Å². The van der Waals surface area contributed by atoms with Gasteiger partial charge in [-0.05, 0) is 63.4 Å². The molecule has 7 heteroatoms. The summed E-state index contributed by atoms with van der Waals surface area (Å²) >= 11 is 8.24. The van der Waals surface area contributed by atoms with Crippen LogP contribution in [0.3, 0.4) is 0 Å². The average molecular weight is 455 g/mol. The summed E-state index contributed by atoms with van der Waals surface area (Å²) in [6, 6.07) is 12.6. The molecule has 0 saturated carbocycles. The summed E-state index contributed by atoms with van der Waals surface area (Å²) < 4.78 is 5.27. The van der Waals surface area contributed by atoms with Gasteiger partial charge in [0.2, 0.25) is 0 Å². The quantitative estimate of drug-likeness (QED) is 0.330. The average Bonchev–Trinajstić information content (AvgIpc) is 3.36. The van der Waals surface area contributed by atoms with Gasteiger partial charge in [-0.25, -0.2) is 4.98 Å². The van der Waals surface area contributed by atoms with Crippen molar-refractivity contribution in [1.29, 1.82) is 0 Å². The number of rotatable bonds is 8. The van der Waals surface area contributed by atoms with E-state index in [1.54, 1.807) is 18.4 Å². The molecule has 0 spiro atoms. The van der Waals surface area contributed by atoms with E-state index in [9.17, 15) is 0 Å². The predicted molar refractivity (Wildman–Crippen MR) is 131 cm³/mol. The van der Waals surface area contributed by atoms with E-state index in [1.807, 2.05) is 24.4 Å². The van der Waals surface area contributed by atoms with Gasteiger partial charge in [-0.2, -0.15) is 5.10 Å². The molecule has 0 atom stereocenters. The number of nitrogens with zero attached hydrogens (tertiary/aromatic N) is 3. The van der Waals surface area contributed by atoms with Gasteiger partial charge in [0, 0.05) is 28.4 Å². The van der Waals surface area contributed by atoms with E-state index in [0.717, 1.165) is 57.3 Å². The van der Waals surface area contributed by atoms with E-state index in [0.29, 0.717) is 11.1 Å². The van der Waals surface area contributed by atoms with Crippen molar-refractivity contribution in [1.82, 2.24) is 15.2 Å². The van der Waals surface area contributed by atoms with Crippen molar-refractivity contribution in [2.45, 2.75) is 39.7 Å². The molecule has 0 fully saturated rings. The molecule has 0 aliphatic heterocycles. The van der Waals surface area contributed by atoms with Crippen LogP contribution < -0.4 is 9.64 Å². The minimum atomic E-state index is 0.361. The molecule has 31 heavy (non-hydrogen) atoms. The molecule has 162 valence electrons. The lowest BCUT2D eigenvalue weighted by Gasteiger charge is -2.26. The molecular weight excluding hydrogens is 428 g/mol. The van der Waals surface area contributed by atoms with Crippen LogP contribution >= 0.6 is 22.9 Å². The van der Waals surface area contributed by atoms with Crippen LogP contribution in [0.1, 0.15) is 30.7 Å². The van der Waals surface area contributed by atoms with Gasteiger partial charge in [0.1, 0.15) is 5.75 Å². The van der Waals surface area contributed by atoms with Gasteiger partial charge in [0.15, 0.2) is 5.13 Å². The third-order valence-corrected chi connectivity index (χ3v) is 6.78. The highest BCUT2D eigenvalue weighted by Gasteiger charge is 2.19. The van der Waals surface area contributed by atoms with E-state index >= 15 is 0 Å². The molecule has 0 bridgehead atoms. The number of aromatic nitrogens is 3. The number of H-pyrrole nitrogens is 1. The first-order valence-corrected chi connectivity index (χ1v) is 11.7. The van der Waals surface area contributed by atoms with Crippen LogP contribution in [0.2, 0.25) is 5.02 Å². The fourth-order valence-corrected chi connectivity index (χ4v) is 5.08. The number of ether oxygens (including phenoxy) is 1. The summed E-state index contributed by atoms with van der Waals surface area (Å²) in [5.74, 6) is 0.749. The maximum atomic E-state index is 6.51. The number of hydrogen-bond acceptors (Lipinski definition) is 5. The maximum Gasteiger partial charge on any atom is 0.186 e. The maximum absolute atomic E-state index is 6.51. The fraction of sp³-hybridized carbons (Fsp3) is 0.333. The zero-order valence-corrected chi connectivity index (χ0v) is 19.8. The van der Waals surface area contributed by atoms with Crippen LogP contribution in [-0.4, -0.2) is 34.9 Å². The molecule has 4 rings (SSSR count). The second-order valence-corrected chi connectivity index (χ2v) is 9.52. The molecule has 0 unspecified atom stereocenters. The summed E-state index contributed by atoms with van der Waals surface area (Å²) in [5.41, 5.74) is 4.30. The van der Waals surface area contributed by atoms with Crippen LogP contribution in [0, 0.1) is 6.92 Å². The molecule has 0 saturated heterocycles. The van der Waals surface area contributed by atoms with Crippen molar-refractivity contribution in [3.05, 3.63) is 58.1 Å². The first-order valence-electron chi connectivity index (χ1n) is 10.5. The van der Waals surface area contributed by atoms with E-state index in [2.05, 4.69) is 54.1 Å². The van der Waals surface area contributed by atoms with Crippen LogP contribution in [0.4, 0.5) is 5.13 Å². The Hall–Kier alpha value is -2.57. The molecule has 2 aromatic heterocycles. The van der Waals surface area contributed by atoms with Gasteiger partial charge in [-0.15, -0.1) is 11.3 Å². The molecule has 0 radical (unpaired) electrons. The summed E-state index contributed by atoms with van der Waals surface area (Å²) in [4.78, 5) is 8.53. The van der Waals surface area contributed by atoms with Gasteiger partial charge in [0.05, 0.1) is 29.5 Å². The number of anilines is 1. The highest BCUT2D eigenvalue weighted by atomic mass is 35.5. The zero-order chi connectivity index (χ0) is 22.0. The lowest BCUT2D eigenvalue weighted by molar-refractivity contribution is 0.415. The Morgan fingerprint density at radius 2 is 2.03 bits per heavy atom. The second-order valence-electron chi connectivity index (χ2n) is 7.93. The summed E-state index contributed by atoms with van der Waals surface area (Å²) in [6.07, 6.45) is 3.92. The molecule has 0 amide bonds. The van der Waals surface area contributed by atoms with Crippen molar-refractivity contribution in [3.8, 4) is 17.0 Å². The van der Waals surface area contributed by atoms with Crippen LogP contribution in [0.25, 0.3) is 22.2 Å². The monoisotopic (exact) mass is 454 g/mol. The van der Waals surface area contributed by atoms with Gasteiger partial charge in [0.25, 0.3) is 0 Å². The fourth-order valence-electron chi connectivity index (χ4n) is 3.74. The number of benzene rings is 2. The van der Waals surface area contributed by atoms with Crippen molar-refractivity contribution in [2.75, 3.05) is 18.6 Å². The standard InChI is InChI=1S/C24H27ClN4OS/c1-15(2)29(11-5-6-17-7-8-18-14-26-28-22(18)12-17)24-27-23(16(3)31-24)20-10-9-19(30-4)13-21(20)25/h7-10,12-15H,5-6,11H2,1-4H3,(H,26,28). The first-order chi connectivity index (χ1) is 15.0. The number of aryl methyl sites for hydroxylation is 2. The highest BCUT2D eigenvalue weighted by molar-refractivity contribution is 7.16. The summed E-state index contributed by atoms with van der Waals surface area (Å²) in [6.45, 7) is 7.48. The molecular formula is C24H27ClN4OS. The second kappa shape index (κ2) is 9.28. The van der Waals surface area contributed by atoms with Gasteiger partial charge >= 0.3 is 0 Å². The molecule has 2 aromatic carbocycles. The SMILES string of the molecule is COc1ccc(-c2nc(N(CCCc3ccc4cn[nH]c4c3)C(C)C)sc2C)c(Cl)c1. The van der Waals surface area contributed by atoms with Gasteiger partial charge in [-0.3, -0.25) is 5.10 Å². The number of hydrogen-bond donors (Lipinski definition) is 1. The van der Waals surface area contributed by atoms with Crippen molar-refractivity contribution in [2.24, 2.45) is 0 Å². The zero-order valence-electron chi connectivity index (χ0n) is 18.3. The Kier molecular flexibility index (Phi) is 6.49. The number of thiazole rings is 1. The van der Waals surface area contributed by atoms with E-state index < -0.39 is 0 Å². The Balaban J connectivity index is 1.50. The van der Waals surface area contributed by atoms with E-state index in [1.165, 1.54) is 5.56 Å².